The van der Waals surface area contributed by atoms with E-state index in [9.17, 15) is 8.42 Å². The summed E-state index contributed by atoms with van der Waals surface area (Å²) in [6, 6.07) is 10.3. The number of hydrogen-bond acceptors (Lipinski definition) is 3. The monoisotopic (exact) mass is 354 g/mol. The third kappa shape index (κ3) is 7.79. The van der Waals surface area contributed by atoms with Gasteiger partial charge in [-0.25, -0.2) is 12.7 Å². The Bertz CT molecular complexity index is 588. The molecule has 24 heavy (non-hydrogen) atoms. The lowest BCUT2D eigenvalue weighted by molar-refractivity contribution is 0.465. The molecule has 0 heterocycles. The summed E-state index contributed by atoms with van der Waals surface area (Å²) < 4.78 is 24.7. The highest BCUT2D eigenvalue weighted by atomic mass is 32.2. The molecule has 0 atom stereocenters. The van der Waals surface area contributed by atoms with E-state index >= 15 is 0 Å². The van der Waals surface area contributed by atoms with Crippen molar-refractivity contribution in [1.82, 2.24) is 14.9 Å². The minimum atomic E-state index is -3.10. The van der Waals surface area contributed by atoms with Crippen molar-refractivity contribution in [2.45, 2.75) is 26.7 Å². The Morgan fingerprint density at radius 2 is 1.88 bits per heavy atom. The van der Waals surface area contributed by atoms with Crippen molar-refractivity contribution < 1.29 is 8.42 Å². The lowest BCUT2D eigenvalue weighted by atomic mass is 10.1. The van der Waals surface area contributed by atoms with Crippen LogP contribution in [0.4, 0.5) is 0 Å². The molecule has 0 amide bonds. The van der Waals surface area contributed by atoms with Gasteiger partial charge in [0.1, 0.15) is 0 Å². The summed E-state index contributed by atoms with van der Waals surface area (Å²) in [6.07, 6.45) is 1.63. The highest BCUT2D eigenvalue weighted by Gasteiger charge is 2.13. The Morgan fingerprint density at radius 3 is 2.50 bits per heavy atom. The maximum Gasteiger partial charge on any atom is 0.213 e. The van der Waals surface area contributed by atoms with Crippen LogP contribution < -0.4 is 10.6 Å². The van der Waals surface area contributed by atoms with E-state index < -0.39 is 10.0 Å². The minimum Gasteiger partial charge on any atom is -0.357 e. The fraction of sp³-hybridized carbons (Fsp3) is 0.588. The van der Waals surface area contributed by atoms with Crippen molar-refractivity contribution in [3.8, 4) is 0 Å². The molecule has 0 aliphatic rings. The van der Waals surface area contributed by atoms with E-state index in [-0.39, 0.29) is 5.75 Å². The number of rotatable bonds is 10. The maximum atomic E-state index is 11.7. The summed E-state index contributed by atoms with van der Waals surface area (Å²) in [5.74, 6) is 0.908. The quantitative estimate of drug-likeness (QED) is 0.379. The largest absolute Gasteiger partial charge is 0.357 e. The molecule has 0 bridgehead atoms. The number of benzene rings is 1. The van der Waals surface area contributed by atoms with E-state index in [1.54, 1.807) is 14.0 Å². The first-order valence-corrected chi connectivity index (χ1v) is 10.1. The highest BCUT2D eigenvalue weighted by molar-refractivity contribution is 7.89. The predicted molar refractivity (Wildman–Crippen MR) is 101 cm³/mol. The molecule has 0 saturated carbocycles. The molecule has 0 unspecified atom stereocenters. The molecule has 0 fully saturated rings. The Morgan fingerprint density at radius 1 is 1.17 bits per heavy atom. The molecule has 7 heteroatoms. The molecule has 0 saturated heterocycles. The molecule has 0 aliphatic carbocycles. The third-order valence-electron chi connectivity index (χ3n) is 3.63. The Balaban J connectivity index is 2.36. The van der Waals surface area contributed by atoms with Gasteiger partial charge < -0.3 is 10.6 Å². The second kappa shape index (κ2) is 11.0. The Hall–Kier alpha value is -1.60. The van der Waals surface area contributed by atoms with Crippen LogP contribution in [0.1, 0.15) is 25.8 Å². The third-order valence-corrected chi connectivity index (χ3v) is 5.50. The van der Waals surface area contributed by atoms with Crippen LogP contribution in [0.3, 0.4) is 0 Å². The molecule has 0 aliphatic heterocycles. The zero-order valence-electron chi connectivity index (χ0n) is 15.0. The number of guanidine groups is 1. The first-order chi connectivity index (χ1) is 11.5. The summed E-state index contributed by atoms with van der Waals surface area (Å²) in [7, 11) is -1.48. The molecule has 6 nitrogen and oxygen atoms in total. The Labute approximate surface area is 146 Å². The topological polar surface area (TPSA) is 73.8 Å². The van der Waals surface area contributed by atoms with E-state index in [0.717, 1.165) is 25.5 Å². The normalized spacial score (nSPS) is 12.4. The fourth-order valence-electron chi connectivity index (χ4n) is 2.16. The lowest BCUT2D eigenvalue weighted by Crippen LogP contribution is -2.38. The standard InChI is InChI=1S/C17H30N4O2S/c1-4-18-17(20-14-12-16-10-7-6-8-11-16)19-13-9-15-21(3)24(22,23)5-2/h6-8,10-11H,4-5,9,12-15H2,1-3H3,(H2,18,19,20). The van der Waals surface area contributed by atoms with Gasteiger partial charge in [-0.1, -0.05) is 30.3 Å². The van der Waals surface area contributed by atoms with Crippen molar-refractivity contribution >= 4 is 16.0 Å². The second-order valence-electron chi connectivity index (χ2n) is 5.50. The second-order valence-corrected chi connectivity index (χ2v) is 7.86. The summed E-state index contributed by atoms with van der Waals surface area (Å²) >= 11 is 0. The van der Waals surface area contributed by atoms with Crippen LogP contribution >= 0.6 is 0 Å². The van der Waals surface area contributed by atoms with Gasteiger partial charge in [0.05, 0.1) is 5.75 Å². The smallest absolute Gasteiger partial charge is 0.213 e. The zero-order valence-corrected chi connectivity index (χ0v) is 15.8. The molecule has 1 rings (SSSR count). The lowest BCUT2D eigenvalue weighted by Gasteiger charge is -2.15. The maximum absolute atomic E-state index is 11.7. The van der Waals surface area contributed by atoms with Crippen LogP contribution in [0.25, 0.3) is 0 Å². The van der Waals surface area contributed by atoms with Crippen LogP contribution in [0.15, 0.2) is 35.3 Å². The number of sulfonamides is 1. The molecule has 136 valence electrons. The van der Waals surface area contributed by atoms with Crippen LogP contribution in [-0.2, 0) is 16.4 Å². The van der Waals surface area contributed by atoms with E-state index in [0.29, 0.717) is 19.5 Å². The summed E-state index contributed by atoms with van der Waals surface area (Å²) in [4.78, 5) is 4.50. The van der Waals surface area contributed by atoms with Gasteiger partial charge in [-0.15, -0.1) is 0 Å². The van der Waals surface area contributed by atoms with Crippen molar-refractivity contribution in [3.63, 3.8) is 0 Å². The molecule has 1 aromatic carbocycles. The van der Waals surface area contributed by atoms with E-state index in [1.807, 2.05) is 25.1 Å². The highest BCUT2D eigenvalue weighted by Crippen LogP contribution is 1.99. The molecule has 2 N–H and O–H groups in total. The molecular formula is C17H30N4O2S. The van der Waals surface area contributed by atoms with Crippen molar-refractivity contribution in [3.05, 3.63) is 35.9 Å². The molecular weight excluding hydrogens is 324 g/mol. The average molecular weight is 355 g/mol. The van der Waals surface area contributed by atoms with Crippen LogP contribution in [0.5, 0.6) is 0 Å². The van der Waals surface area contributed by atoms with Gasteiger partial charge in [0, 0.05) is 33.2 Å². The number of nitrogens with zero attached hydrogens (tertiary/aromatic N) is 2. The zero-order chi connectivity index (χ0) is 17.8. The summed E-state index contributed by atoms with van der Waals surface area (Å²) in [5, 5.41) is 6.51. The molecule has 0 spiro atoms. The Kier molecular flexibility index (Phi) is 9.41. The van der Waals surface area contributed by atoms with Gasteiger partial charge in [-0.2, -0.15) is 0 Å². The molecule has 1 aromatic rings. The van der Waals surface area contributed by atoms with Crippen molar-refractivity contribution in [2.75, 3.05) is 39.0 Å². The first kappa shape index (κ1) is 20.4. The SMILES string of the molecule is CCNC(=NCCCN(C)S(=O)(=O)CC)NCCc1ccccc1. The van der Waals surface area contributed by atoms with Crippen LogP contribution in [0.2, 0.25) is 0 Å². The van der Waals surface area contributed by atoms with Gasteiger partial charge in [0.15, 0.2) is 5.96 Å². The van der Waals surface area contributed by atoms with Gasteiger partial charge in [0.25, 0.3) is 0 Å². The van der Waals surface area contributed by atoms with Crippen LogP contribution in [-0.4, -0.2) is 57.7 Å². The van der Waals surface area contributed by atoms with Gasteiger partial charge >= 0.3 is 0 Å². The molecule has 0 radical (unpaired) electrons. The minimum absolute atomic E-state index is 0.135. The predicted octanol–water partition coefficient (Wildman–Crippen LogP) is 1.46. The molecule has 0 aromatic heterocycles. The summed E-state index contributed by atoms with van der Waals surface area (Å²) in [5.41, 5.74) is 1.28. The van der Waals surface area contributed by atoms with Crippen molar-refractivity contribution in [1.29, 1.82) is 0 Å². The van der Waals surface area contributed by atoms with E-state index in [2.05, 4.69) is 27.8 Å². The van der Waals surface area contributed by atoms with E-state index in [1.165, 1.54) is 9.87 Å². The van der Waals surface area contributed by atoms with Crippen LogP contribution in [0, 0.1) is 0 Å². The number of nitrogens with one attached hydrogen (secondary N) is 2. The number of aliphatic imine (C=N–C) groups is 1. The summed E-state index contributed by atoms with van der Waals surface area (Å²) in [6.45, 7) is 6.36. The van der Waals surface area contributed by atoms with Crippen molar-refractivity contribution in [2.24, 2.45) is 4.99 Å². The average Bonchev–Trinajstić information content (AvgIpc) is 2.59. The van der Waals surface area contributed by atoms with E-state index in [4.69, 9.17) is 0 Å². The first-order valence-electron chi connectivity index (χ1n) is 8.49. The van der Waals surface area contributed by atoms with Gasteiger partial charge in [0.2, 0.25) is 10.0 Å². The fourth-order valence-corrected chi connectivity index (χ4v) is 3.00. The van der Waals surface area contributed by atoms with Gasteiger partial charge in [-0.05, 0) is 32.3 Å². The number of hydrogen-bond donors (Lipinski definition) is 2. The van der Waals surface area contributed by atoms with Gasteiger partial charge in [-0.3, -0.25) is 4.99 Å².